The molecule has 3 aliphatic rings. The van der Waals surface area contributed by atoms with Crippen molar-refractivity contribution in [1.82, 2.24) is 15.0 Å². The van der Waals surface area contributed by atoms with E-state index >= 15 is 0 Å². The van der Waals surface area contributed by atoms with Crippen molar-refractivity contribution in [2.24, 2.45) is 0 Å². The molecule has 160 valence electrons. The Kier molecular flexibility index (Phi) is 3.63. The summed E-state index contributed by atoms with van der Waals surface area (Å²) in [5, 5.41) is 4.04. The molecule has 3 aromatic rings. The number of nitrogens with one attached hydrogen (secondary N) is 1. The van der Waals surface area contributed by atoms with Crippen LogP contribution < -0.4 is 20.7 Å². The Morgan fingerprint density at radius 2 is 2.03 bits per heavy atom. The molecule has 2 aromatic heterocycles. The van der Waals surface area contributed by atoms with Crippen LogP contribution in [0.15, 0.2) is 54.2 Å². The van der Waals surface area contributed by atoms with Crippen molar-refractivity contribution >= 4 is 28.2 Å². The van der Waals surface area contributed by atoms with Gasteiger partial charge < -0.3 is 15.8 Å². The van der Waals surface area contributed by atoms with E-state index in [4.69, 9.17) is 15.5 Å². The summed E-state index contributed by atoms with van der Waals surface area (Å²) < 4.78 is 46.7. The van der Waals surface area contributed by atoms with E-state index in [2.05, 4.69) is 15.3 Å². The Bertz CT molecular complexity index is 1420. The molecule has 0 radical (unpaired) electrons. The summed E-state index contributed by atoms with van der Waals surface area (Å²) in [4.78, 5) is 14.9. The fourth-order valence-corrected chi connectivity index (χ4v) is 4.25. The predicted molar refractivity (Wildman–Crippen MR) is 114 cm³/mol. The van der Waals surface area contributed by atoms with Gasteiger partial charge in [-0.05, 0) is 36.8 Å². The maximum absolute atomic E-state index is 13.5. The van der Waals surface area contributed by atoms with E-state index in [-0.39, 0.29) is 22.8 Å². The smallest absolute Gasteiger partial charge is 0.418 e. The molecule has 7 nitrogen and oxygen atoms in total. The average molecular weight is 436 g/mol. The molecule has 0 fully saturated rings. The number of nitrogen functional groups attached to an aromatic ring is 1. The number of nitrogens with two attached hydrogens (primary N) is 1. The van der Waals surface area contributed by atoms with Gasteiger partial charge in [-0.25, -0.2) is 15.0 Å². The topological polar surface area (TPSA) is 89.2 Å². The van der Waals surface area contributed by atoms with Crippen LogP contribution in [-0.4, -0.2) is 21.6 Å². The standard InChI is InChI=1S/C22H15F3N6O/c1-10-11(22(23,24)25)8-27-19(26)16(10)20-29-13-5-6-14-18-17(13)21(30-20)31-7-3-2-4-12(28-14)15(31)9-32-18/h2-8,28H,9H2,1H3,(H2,26,27). The Balaban J connectivity index is 1.69. The first-order chi connectivity index (χ1) is 15.3. The molecule has 0 atom stereocenters. The van der Waals surface area contributed by atoms with Crippen LogP contribution in [0.25, 0.3) is 22.3 Å². The van der Waals surface area contributed by atoms with E-state index in [1.807, 2.05) is 35.4 Å². The van der Waals surface area contributed by atoms with Gasteiger partial charge in [0.1, 0.15) is 12.4 Å². The Morgan fingerprint density at radius 1 is 1.19 bits per heavy atom. The van der Waals surface area contributed by atoms with Crippen molar-refractivity contribution in [3.05, 3.63) is 65.3 Å². The van der Waals surface area contributed by atoms with Gasteiger partial charge in [-0.2, -0.15) is 13.2 Å². The van der Waals surface area contributed by atoms with E-state index in [1.165, 1.54) is 6.92 Å². The van der Waals surface area contributed by atoms with Gasteiger partial charge in [0.25, 0.3) is 0 Å². The number of nitrogens with zero attached hydrogens (tertiary/aromatic N) is 4. The first-order valence-corrected chi connectivity index (χ1v) is 9.77. The fourth-order valence-electron chi connectivity index (χ4n) is 4.25. The van der Waals surface area contributed by atoms with Gasteiger partial charge in [0.05, 0.1) is 39.1 Å². The van der Waals surface area contributed by atoms with Crippen LogP contribution in [0, 0.1) is 6.92 Å². The Labute approximate surface area is 179 Å². The van der Waals surface area contributed by atoms with Crippen molar-refractivity contribution in [1.29, 1.82) is 0 Å². The largest absolute Gasteiger partial charge is 0.484 e. The molecule has 3 N–H and O–H groups in total. The van der Waals surface area contributed by atoms with Crippen LogP contribution in [0.4, 0.5) is 30.5 Å². The fraction of sp³-hybridized carbons (Fsp3) is 0.136. The zero-order chi connectivity index (χ0) is 22.2. The number of ether oxygens (including phenoxy) is 1. The highest BCUT2D eigenvalue weighted by Gasteiger charge is 2.36. The van der Waals surface area contributed by atoms with Crippen LogP contribution in [0.1, 0.15) is 11.1 Å². The lowest BCUT2D eigenvalue weighted by molar-refractivity contribution is -0.138. The van der Waals surface area contributed by atoms with Crippen LogP contribution in [0.2, 0.25) is 0 Å². The second-order valence-corrected chi connectivity index (χ2v) is 7.61. The predicted octanol–water partition coefficient (Wildman–Crippen LogP) is 4.52. The number of fused-ring (bicyclic) bond motifs is 2. The van der Waals surface area contributed by atoms with E-state index in [0.717, 1.165) is 23.3 Å². The van der Waals surface area contributed by atoms with Gasteiger partial charge in [-0.15, -0.1) is 0 Å². The molecule has 0 amide bonds. The molecule has 3 aliphatic heterocycles. The van der Waals surface area contributed by atoms with Crippen LogP contribution in [-0.2, 0) is 6.18 Å². The Hall–Kier alpha value is -4.08. The highest BCUT2D eigenvalue weighted by Crippen LogP contribution is 2.47. The molecule has 0 spiro atoms. The van der Waals surface area contributed by atoms with Crippen molar-refractivity contribution in [2.45, 2.75) is 13.1 Å². The molecule has 0 saturated heterocycles. The number of allylic oxidation sites excluding steroid dienone is 3. The summed E-state index contributed by atoms with van der Waals surface area (Å²) in [6.45, 7) is 1.65. The first-order valence-electron chi connectivity index (χ1n) is 9.77. The number of hydrogen-bond acceptors (Lipinski definition) is 7. The summed E-state index contributed by atoms with van der Waals surface area (Å²) in [7, 11) is 0. The lowest BCUT2D eigenvalue weighted by Gasteiger charge is -2.25. The van der Waals surface area contributed by atoms with Crippen LogP contribution in [0.3, 0.4) is 0 Å². The van der Waals surface area contributed by atoms with Gasteiger partial charge in [0, 0.05) is 12.4 Å². The summed E-state index contributed by atoms with van der Waals surface area (Å²) in [6, 6.07) is 3.61. The molecule has 5 heterocycles. The zero-order valence-electron chi connectivity index (χ0n) is 16.7. The molecule has 0 unspecified atom stereocenters. The molecule has 10 heteroatoms. The van der Waals surface area contributed by atoms with Gasteiger partial charge in [-0.3, -0.25) is 4.90 Å². The molecular weight excluding hydrogens is 421 g/mol. The third-order valence-corrected chi connectivity index (χ3v) is 5.76. The lowest BCUT2D eigenvalue weighted by Crippen LogP contribution is -2.23. The quantitative estimate of drug-likeness (QED) is 0.580. The summed E-state index contributed by atoms with van der Waals surface area (Å²) in [5.74, 6) is 1.10. The maximum Gasteiger partial charge on any atom is 0.418 e. The number of hydrogen-bond donors (Lipinski definition) is 2. The third kappa shape index (κ3) is 2.52. The van der Waals surface area contributed by atoms with Gasteiger partial charge in [-0.1, -0.05) is 6.08 Å². The van der Waals surface area contributed by atoms with Crippen molar-refractivity contribution in [3.8, 4) is 17.1 Å². The second-order valence-electron chi connectivity index (χ2n) is 7.61. The number of rotatable bonds is 1. The lowest BCUT2D eigenvalue weighted by atomic mass is 10.0. The van der Waals surface area contributed by atoms with E-state index < -0.39 is 11.7 Å². The molecule has 1 aromatic carbocycles. The Morgan fingerprint density at radius 3 is 2.84 bits per heavy atom. The highest BCUT2D eigenvalue weighted by atomic mass is 19.4. The summed E-state index contributed by atoms with van der Waals surface area (Å²) >= 11 is 0. The third-order valence-electron chi connectivity index (χ3n) is 5.76. The number of alkyl halides is 3. The molecule has 0 aliphatic carbocycles. The molecule has 32 heavy (non-hydrogen) atoms. The highest BCUT2D eigenvalue weighted by molar-refractivity contribution is 6.03. The SMILES string of the molecule is Cc1c(C(F)(F)F)cnc(N)c1-c1nc2c3c4c(ccc3n1)NC1=C(CO4)N2C=CC=C1. The van der Waals surface area contributed by atoms with Crippen molar-refractivity contribution in [2.75, 3.05) is 22.6 Å². The molecule has 2 bridgehead atoms. The van der Waals surface area contributed by atoms with Crippen LogP contribution >= 0.6 is 0 Å². The number of benzene rings is 1. The number of anilines is 3. The van der Waals surface area contributed by atoms with Gasteiger partial charge in [0.15, 0.2) is 17.4 Å². The molecule has 0 saturated carbocycles. The molecule has 6 rings (SSSR count). The van der Waals surface area contributed by atoms with E-state index in [9.17, 15) is 13.2 Å². The minimum Gasteiger partial charge on any atom is -0.484 e. The second kappa shape index (κ2) is 6.22. The van der Waals surface area contributed by atoms with Gasteiger partial charge in [0.2, 0.25) is 0 Å². The number of pyridine rings is 1. The maximum atomic E-state index is 13.5. The minimum absolute atomic E-state index is 0.0617. The number of aromatic nitrogens is 3. The van der Waals surface area contributed by atoms with Gasteiger partial charge >= 0.3 is 6.18 Å². The van der Waals surface area contributed by atoms with Crippen molar-refractivity contribution < 1.29 is 17.9 Å². The average Bonchev–Trinajstić information content (AvgIpc) is 3.11. The van der Waals surface area contributed by atoms with E-state index in [1.54, 1.807) is 6.07 Å². The zero-order valence-corrected chi connectivity index (χ0v) is 16.7. The summed E-state index contributed by atoms with van der Waals surface area (Å²) in [5.41, 5.74) is 8.09. The van der Waals surface area contributed by atoms with E-state index in [0.29, 0.717) is 29.1 Å². The number of halogens is 3. The van der Waals surface area contributed by atoms with Crippen molar-refractivity contribution in [3.63, 3.8) is 0 Å². The monoisotopic (exact) mass is 436 g/mol. The molecular formula is C22H15F3N6O. The first kappa shape index (κ1) is 18.7. The summed E-state index contributed by atoms with van der Waals surface area (Å²) in [6.07, 6.45) is 3.67. The minimum atomic E-state index is -4.57. The van der Waals surface area contributed by atoms with Crippen LogP contribution in [0.5, 0.6) is 5.75 Å². The normalized spacial score (nSPS) is 16.2.